The second-order valence-electron chi connectivity index (χ2n) is 9.12. The van der Waals surface area contributed by atoms with Gasteiger partial charge in [-0.05, 0) is 67.4 Å². The zero-order valence-corrected chi connectivity index (χ0v) is 21.9. The fourth-order valence-electron chi connectivity index (χ4n) is 4.58. The average Bonchev–Trinajstić information content (AvgIpc) is 3.41. The van der Waals surface area contributed by atoms with Gasteiger partial charge in [-0.15, -0.1) is 0 Å². The highest BCUT2D eigenvalue weighted by atomic mass is 35.5. The molecule has 0 radical (unpaired) electrons. The van der Waals surface area contributed by atoms with Crippen LogP contribution in [0.1, 0.15) is 25.0 Å². The number of amides is 2. The van der Waals surface area contributed by atoms with Crippen LogP contribution in [0.3, 0.4) is 0 Å². The number of rotatable bonds is 9. The first-order chi connectivity index (χ1) is 19.0. The topological polar surface area (TPSA) is 109 Å². The summed E-state index contributed by atoms with van der Waals surface area (Å²) < 4.78 is 5.81. The fraction of sp³-hybridized carbons (Fsp3) is 0.207. The number of aromatic nitrogens is 3. The molecular formula is C29H27ClN6O3. The van der Waals surface area contributed by atoms with Crippen molar-refractivity contribution in [2.24, 2.45) is 0 Å². The van der Waals surface area contributed by atoms with Gasteiger partial charge in [0.25, 0.3) is 0 Å². The molecule has 1 unspecified atom stereocenters. The van der Waals surface area contributed by atoms with Crippen molar-refractivity contribution in [2.45, 2.75) is 31.9 Å². The molecule has 1 aliphatic rings. The minimum Gasteiger partial charge on any atom is -0.486 e. The Morgan fingerprint density at radius 2 is 1.97 bits per heavy atom. The summed E-state index contributed by atoms with van der Waals surface area (Å²) in [6, 6.07) is 16.3. The largest absolute Gasteiger partial charge is 0.486 e. The molecule has 198 valence electrons. The molecule has 10 heteroatoms. The maximum atomic E-state index is 12.8. The van der Waals surface area contributed by atoms with Crippen LogP contribution in [0, 0.1) is 0 Å². The van der Waals surface area contributed by atoms with Gasteiger partial charge in [-0.2, -0.15) is 0 Å². The number of ether oxygens (including phenoxy) is 1. The number of carbonyl (C=O) groups excluding carboxylic acids is 2. The van der Waals surface area contributed by atoms with Crippen LogP contribution in [-0.2, 0) is 16.2 Å². The van der Waals surface area contributed by atoms with Crippen LogP contribution in [0.5, 0.6) is 5.75 Å². The number of carbonyl (C=O) groups is 2. The second kappa shape index (κ2) is 11.9. The average molecular weight is 543 g/mol. The molecule has 2 amide bonds. The number of pyridine rings is 1. The Balaban J connectivity index is 1.28. The van der Waals surface area contributed by atoms with Crippen molar-refractivity contribution in [1.29, 1.82) is 0 Å². The van der Waals surface area contributed by atoms with Gasteiger partial charge < -0.3 is 20.3 Å². The molecule has 2 aromatic carbocycles. The van der Waals surface area contributed by atoms with E-state index in [-0.39, 0.29) is 24.3 Å². The lowest BCUT2D eigenvalue weighted by atomic mass is 10.1. The van der Waals surface area contributed by atoms with Crippen molar-refractivity contribution in [3.63, 3.8) is 0 Å². The number of nitrogens with one attached hydrogen (secondary N) is 2. The maximum Gasteiger partial charge on any atom is 0.246 e. The Morgan fingerprint density at radius 1 is 1.10 bits per heavy atom. The molecule has 3 heterocycles. The van der Waals surface area contributed by atoms with Crippen molar-refractivity contribution in [3.05, 3.63) is 90.5 Å². The van der Waals surface area contributed by atoms with Gasteiger partial charge in [-0.25, -0.2) is 9.97 Å². The normalized spacial score (nSPS) is 14.7. The van der Waals surface area contributed by atoms with Gasteiger partial charge in [0.2, 0.25) is 11.8 Å². The van der Waals surface area contributed by atoms with Gasteiger partial charge in [-0.1, -0.05) is 24.2 Å². The number of nitrogens with zero attached hydrogens (tertiary/aromatic N) is 4. The third-order valence-corrected chi connectivity index (χ3v) is 6.77. The number of hydrogen-bond donors (Lipinski definition) is 2. The van der Waals surface area contributed by atoms with Crippen LogP contribution in [0.25, 0.3) is 10.9 Å². The first-order valence-electron chi connectivity index (χ1n) is 12.6. The lowest BCUT2D eigenvalue weighted by Gasteiger charge is -2.23. The molecule has 0 spiro atoms. The van der Waals surface area contributed by atoms with E-state index in [9.17, 15) is 9.59 Å². The maximum absolute atomic E-state index is 12.8. The molecule has 0 aliphatic carbocycles. The van der Waals surface area contributed by atoms with Crippen molar-refractivity contribution >= 4 is 51.5 Å². The molecule has 1 aliphatic heterocycles. The van der Waals surface area contributed by atoms with E-state index in [1.165, 1.54) is 12.4 Å². The van der Waals surface area contributed by atoms with Gasteiger partial charge in [-0.3, -0.25) is 14.6 Å². The molecule has 2 aromatic heterocycles. The predicted octanol–water partition coefficient (Wildman–Crippen LogP) is 5.51. The van der Waals surface area contributed by atoms with Crippen LogP contribution in [0.4, 0.5) is 17.2 Å². The summed E-state index contributed by atoms with van der Waals surface area (Å²) in [6.45, 7) is 4.51. The van der Waals surface area contributed by atoms with Gasteiger partial charge in [0.15, 0.2) is 0 Å². The van der Waals surface area contributed by atoms with E-state index < -0.39 is 0 Å². The van der Waals surface area contributed by atoms with Crippen molar-refractivity contribution < 1.29 is 14.3 Å². The van der Waals surface area contributed by atoms with E-state index >= 15 is 0 Å². The SMILES string of the molecule is C=CC(=O)N1CCCC1CC(=O)Nc1ccc2ncnc(Nc3ccc(OCc4ccccn4)c(Cl)c3)c2c1. The van der Waals surface area contributed by atoms with Crippen LogP contribution in [-0.4, -0.2) is 44.3 Å². The monoisotopic (exact) mass is 542 g/mol. The minimum atomic E-state index is -0.164. The third-order valence-electron chi connectivity index (χ3n) is 6.47. The molecule has 2 N–H and O–H groups in total. The van der Waals surface area contributed by atoms with E-state index in [0.717, 1.165) is 23.9 Å². The molecular weight excluding hydrogens is 516 g/mol. The van der Waals surface area contributed by atoms with E-state index in [4.69, 9.17) is 16.3 Å². The summed E-state index contributed by atoms with van der Waals surface area (Å²) in [5, 5.41) is 7.40. The summed E-state index contributed by atoms with van der Waals surface area (Å²) in [6.07, 6.45) is 6.38. The molecule has 1 saturated heterocycles. The molecule has 0 bridgehead atoms. The van der Waals surface area contributed by atoms with Crippen LogP contribution in [0.15, 0.2) is 79.8 Å². The highest BCUT2D eigenvalue weighted by molar-refractivity contribution is 6.32. The lowest BCUT2D eigenvalue weighted by Crippen LogP contribution is -2.36. The summed E-state index contributed by atoms with van der Waals surface area (Å²) in [5.41, 5.74) is 2.84. The molecule has 39 heavy (non-hydrogen) atoms. The summed E-state index contributed by atoms with van der Waals surface area (Å²) in [5.74, 6) is 0.799. The standard InChI is InChI=1S/C29H27ClN6O3/c1-2-28(38)36-13-5-7-22(36)16-27(37)34-19-8-10-25-23(14-19)29(33-18-32-25)35-20-9-11-26(24(30)15-20)39-17-21-6-3-4-12-31-21/h2-4,6,8-12,14-15,18,22H,1,5,7,13,16-17H2,(H,34,37)(H,32,33,35). The Hall–Kier alpha value is -4.50. The van der Waals surface area contributed by atoms with Crippen LogP contribution in [0.2, 0.25) is 5.02 Å². The van der Waals surface area contributed by atoms with Crippen molar-refractivity contribution in [1.82, 2.24) is 19.9 Å². The third kappa shape index (κ3) is 6.32. The van der Waals surface area contributed by atoms with Crippen LogP contribution >= 0.6 is 11.6 Å². The minimum absolute atomic E-state index is 0.128. The van der Waals surface area contributed by atoms with E-state index in [1.807, 2.05) is 36.4 Å². The second-order valence-corrected chi connectivity index (χ2v) is 9.53. The van der Waals surface area contributed by atoms with E-state index in [1.54, 1.807) is 29.3 Å². The summed E-state index contributed by atoms with van der Waals surface area (Å²) in [4.78, 5) is 39.6. The number of benzene rings is 2. The predicted molar refractivity (Wildman–Crippen MR) is 151 cm³/mol. The number of likely N-dealkylation sites (tertiary alicyclic amines) is 1. The Bertz CT molecular complexity index is 1510. The van der Waals surface area contributed by atoms with Gasteiger partial charge >= 0.3 is 0 Å². The van der Waals surface area contributed by atoms with Gasteiger partial charge in [0.05, 0.1) is 16.2 Å². The fourth-order valence-corrected chi connectivity index (χ4v) is 4.82. The van der Waals surface area contributed by atoms with Crippen molar-refractivity contribution in [2.75, 3.05) is 17.2 Å². The summed E-state index contributed by atoms with van der Waals surface area (Å²) in [7, 11) is 0. The van der Waals surface area contributed by atoms with E-state index in [2.05, 4.69) is 32.2 Å². The highest BCUT2D eigenvalue weighted by Gasteiger charge is 2.29. The number of halogens is 1. The van der Waals surface area contributed by atoms with Gasteiger partial charge in [0.1, 0.15) is 24.5 Å². The van der Waals surface area contributed by atoms with Crippen LogP contribution < -0.4 is 15.4 Å². The zero-order valence-electron chi connectivity index (χ0n) is 21.1. The number of anilines is 3. The molecule has 1 fully saturated rings. The number of fused-ring (bicyclic) bond motifs is 1. The van der Waals surface area contributed by atoms with Gasteiger partial charge in [0, 0.05) is 42.0 Å². The Labute approximate surface area is 230 Å². The highest BCUT2D eigenvalue weighted by Crippen LogP contribution is 2.31. The zero-order chi connectivity index (χ0) is 27.2. The lowest BCUT2D eigenvalue weighted by molar-refractivity contribution is -0.127. The molecule has 0 saturated carbocycles. The van der Waals surface area contributed by atoms with E-state index in [0.29, 0.717) is 46.6 Å². The number of hydrogen-bond acceptors (Lipinski definition) is 7. The Morgan fingerprint density at radius 3 is 2.77 bits per heavy atom. The molecule has 5 rings (SSSR count). The smallest absolute Gasteiger partial charge is 0.246 e. The molecule has 4 aromatic rings. The quantitative estimate of drug-likeness (QED) is 0.268. The molecule has 9 nitrogen and oxygen atoms in total. The molecule has 1 atom stereocenters. The summed E-state index contributed by atoms with van der Waals surface area (Å²) >= 11 is 6.48. The first kappa shape index (κ1) is 26.1. The Kier molecular flexibility index (Phi) is 7.98. The first-order valence-corrected chi connectivity index (χ1v) is 12.9. The van der Waals surface area contributed by atoms with Crippen molar-refractivity contribution in [3.8, 4) is 5.75 Å².